The van der Waals surface area contributed by atoms with E-state index >= 15 is 0 Å². The molecule has 4 nitrogen and oxygen atoms in total. The van der Waals surface area contributed by atoms with Crippen molar-refractivity contribution in [3.05, 3.63) is 0 Å². The van der Waals surface area contributed by atoms with Gasteiger partial charge in [-0.15, -0.1) is 0 Å². The van der Waals surface area contributed by atoms with Crippen molar-refractivity contribution >= 4 is 5.97 Å². The Bertz CT molecular complexity index is 218. The van der Waals surface area contributed by atoms with Crippen LogP contribution in [0.3, 0.4) is 0 Å². The summed E-state index contributed by atoms with van der Waals surface area (Å²) in [7, 11) is 0. The van der Waals surface area contributed by atoms with Gasteiger partial charge in [-0.1, -0.05) is 13.3 Å². The normalized spacial score (nSPS) is 14.1. The van der Waals surface area contributed by atoms with Crippen molar-refractivity contribution in [3.8, 4) is 6.07 Å². The monoisotopic (exact) mass is 199 g/mol. The van der Waals surface area contributed by atoms with E-state index in [1.165, 1.54) is 6.92 Å². The number of carbonyl (C=O) groups is 1. The second kappa shape index (κ2) is 6.39. The number of nitriles is 1. The van der Waals surface area contributed by atoms with E-state index in [-0.39, 0.29) is 18.8 Å². The number of hydrogen-bond donors (Lipinski definition) is 1. The van der Waals surface area contributed by atoms with Crippen molar-refractivity contribution in [1.82, 2.24) is 0 Å². The number of esters is 1. The predicted molar refractivity (Wildman–Crippen MR) is 51.3 cm³/mol. The van der Waals surface area contributed by atoms with Crippen molar-refractivity contribution in [2.75, 3.05) is 6.61 Å². The van der Waals surface area contributed by atoms with Crippen molar-refractivity contribution in [2.24, 2.45) is 0 Å². The summed E-state index contributed by atoms with van der Waals surface area (Å²) in [5, 5.41) is 17.7. The van der Waals surface area contributed by atoms with E-state index in [1.807, 2.05) is 6.92 Å². The van der Waals surface area contributed by atoms with Crippen LogP contribution in [0.4, 0.5) is 0 Å². The first-order valence-corrected chi connectivity index (χ1v) is 4.81. The van der Waals surface area contributed by atoms with Gasteiger partial charge in [0.2, 0.25) is 0 Å². The maximum Gasteiger partial charge on any atom is 0.305 e. The molecule has 0 aliphatic carbocycles. The number of unbranched alkanes of at least 4 members (excludes halogenated alkanes) is 1. The molecule has 0 rings (SSSR count). The van der Waals surface area contributed by atoms with Crippen LogP contribution in [-0.2, 0) is 9.53 Å². The molecular formula is C10H17NO3. The Balaban J connectivity index is 3.60. The first-order chi connectivity index (χ1) is 6.52. The number of ether oxygens (including phenoxy) is 1. The molecule has 4 heteroatoms. The van der Waals surface area contributed by atoms with Crippen LogP contribution >= 0.6 is 0 Å². The molecule has 0 aromatic rings. The van der Waals surface area contributed by atoms with Crippen LogP contribution in [0.15, 0.2) is 0 Å². The highest BCUT2D eigenvalue weighted by atomic mass is 16.5. The summed E-state index contributed by atoms with van der Waals surface area (Å²) in [6, 6.07) is 1.71. The standard InChI is InChI=1S/C10H17NO3/c1-3-4-7-14-9(12)5-6-10(2,13)8-11/h13H,3-7H2,1-2H3. The molecule has 0 saturated carbocycles. The second-order valence-electron chi connectivity index (χ2n) is 3.46. The minimum absolute atomic E-state index is 0.0876. The minimum Gasteiger partial charge on any atom is -0.466 e. The van der Waals surface area contributed by atoms with Crippen molar-refractivity contribution in [1.29, 1.82) is 5.26 Å². The molecular weight excluding hydrogens is 182 g/mol. The van der Waals surface area contributed by atoms with Crippen LogP contribution in [0, 0.1) is 11.3 Å². The maximum atomic E-state index is 11.0. The molecule has 0 aliphatic heterocycles. The quantitative estimate of drug-likeness (QED) is 0.398. The fourth-order valence-electron chi connectivity index (χ4n) is 0.804. The van der Waals surface area contributed by atoms with E-state index in [4.69, 9.17) is 10.00 Å². The molecule has 0 bridgehead atoms. The summed E-state index contributed by atoms with van der Waals surface area (Å²) in [4.78, 5) is 11.0. The van der Waals surface area contributed by atoms with E-state index in [2.05, 4.69) is 0 Å². The molecule has 0 fully saturated rings. The average Bonchev–Trinajstić information content (AvgIpc) is 2.16. The molecule has 1 N–H and O–H groups in total. The van der Waals surface area contributed by atoms with Crippen LogP contribution in [0.5, 0.6) is 0 Å². The van der Waals surface area contributed by atoms with Gasteiger partial charge in [-0.2, -0.15) is 5.26 Å². The molecule has 0 aromatic heterocycles. The Morgan fingerprint density at radius 2 is 2.29 bits per heavy atom. The number of hydrogen-bond acceptors (Lipinski definition) is 4. The second-order valence-corrected chi connectivity index (χ2v) is 3.46. The number of rotatable bonds is 6. The van der Waals surface area contributed by atoms with Gasteiger partial charge < -0.3 is 9.84 Å². The van der Waals surface area contributed by atoms with E-state index in [0.29, 0.717) is 6.61 Å². The van der Waals surface area contributed by atoms with Crippen molar-refractivity contribution in [2.45, 2.75) is 45.1 Å². The third-order valence-electron chi connectivity index (χ3n) is 1.82. The van der Waals surface area contributed by atoms with Crippen LogP contribution in [-0.4, -0.2) is 23.3 Å². The Morgan fingerprint density at radius 1 is 1.64 bits per heavy atom. The van der Waals surface area contributed by atoms with Crippen LogP contribution in [0.1, 0.15) is 39.5 Å². The number of carbonyl (C=O) groups excluding carboxylic acids is 1. The van der Waals surface area contributed by atoms with E-state index in [0.717, 1.165) is 12.8 Å². The molecule has 0 aromatic carbocycles. The van der Waals surface area contributed by atoms with Gasteiger partial charge in [0.1, 0.15) is 5.60 Å². The lowest BCUT2D eigenvalue weighted by molar-refractivity contribution is -0.144. The third kappa shape index (κ3) is 6.44. The minimum atomic E-state index is -1.43. The third-order valence-corrected chi connectivity index (χ3v) is 1.82. The molecule has 0 radical (unpaired) electrons. The highest BCUT2D eigenvalue weighted by Crippen LogP contribution is 2.10. The van der Waals surface area contributed by atoms with Crippen LogP contribution in [0.2, 0.25) is 0 Å². The zero-order valence-electron chi connectivity index (χ0n) is 8.75. The highest BCUT2D eigenvalue weighted by molar-refractivity contribution is 5.69. The summed E-state index contributed by atoms with van der Waals surface area (Å²) in [6.07, 6.45) is 2.03. The molecule has 0 amide bonds. The lowest BCUT2D eigenvalue weighted by atomic mass is 10.0. The van der Waals surface area contributed by atoms with E-state index in [9.17, 15) is 9.90 Å². The molecule has 0 saturated heterocycles. The highest BCUT2D eigenvalue weighted by Gasteiger charge is 2.20. The molecule has 14 heavy (non-hydrogen) atoms. The molecule has 0 heterocycles. The Morgan fingerprint density at radius 3 is 2.79 bits per heavy atom. The zero-order valence-corrected chi connectivity index (χ0v) is 8.75. The lowest BCUT2D eigenvalue weighted by Crippen LogP contribution is -2.23. The summed E-state index contributed by atoms with van der Waals surface area (Å²) in [6.45, 7) is 3.81. The summed E-state index contributed by atoms with van der Waals surface area (Å²) < 4.78 is 4.86. The van der Waals surface area contributed by atoms with Gasteiger partial charge in [0.25, 0.3) is 0 Å². The van der Waals surface area contributed by atoms with Gasteiger partial charge in [0.05, 0.1) is 12.7 Å². The van der Waals surface area contributed by atoms with Crippen LogP contribution < -0.4 is 0 Å². The van der Waals surface area contributed by atoms with E-state index < -0.39 is 5.60 Å². The molecule has 80 valence electrons. The first kappa shape index (κ1) is 12.9. The molecule has 1 unspecified atom stereocenters. The topological polar surface area (TPSA) is 70.3 Å². The molecule has 0 aliphatic rings. The van der Waals surface area contributed by atoms with E-state index in [1.54, 1.807) is 6.07 Å². The summed E-state index contributed by atoms with van der Waals surface area (Å²) >= 11 is 0. The smallest absolute Gasteiger partial charge is 0.305 e. The first-order valence-electron chi connectivity index (χ1n) is 4.81. The fraction of sp³-hybridized carbons (Fsp3) is 0.800. The largest absolute Gasteiger partial charge is 0.466 e. The maximum absolute atomic E-state index is 11.0. The van der Waals surface area contributed by atoms with Gasteiger partial charge in [-0.05, 0) is 19.8 Å². The van der Waals surface area contributed by atoms with Gasteiger partial charge in [0.15, 0.2) is 0 Å². The summed E-state index contributed by atoms with van der Waals surface area (Å²) in [5.74, 6) is -0.353. The Labute approximate surface area is 84.5 Å². The Kier molecular flexibility index (Phi) is 5.89. The number of nitrogens with zero attached hydrogens (tertiary/aromatic N) is 1. The van der Waals surface area contributed by atoms with Gasteiger partial charge >= 0.3 is 5.97 Å². The lowest BCUT2D eigenvalue weighted by Gasteiger charge is -2.12. The SMILES string of the molecule is CCCCOC(=O)CCC(C)(O)C#N. The number of aliphatic hydroxyl groups is 1. The predicted octanol–water partition coefficient (Wildman–Crippen LogP) is 1.38. The average molecular weight is 199 g/mol. The fourth-order valence-corrected chi connectivity index (χ4v) is 0.804. The van der Waals surface area contributed by atoms with Crippen molar-refractivity contribution in [3.63, 3.8) is 0 Å². The summed E-state index contributed by atoms with van der Waals surface area (Å²) in [5.41, 5.74) is -1.43. The van der Waals surface area contributed by atoms with Crippen LogP contribution in [0.25, 0.3) is 0 Å². The Hall–Kier alpha value is -1.08. The van der Waals surface area contributed by atoms with Gasteiger partial charge in [-0.3, -0.25) is 4.79 Å². The molecule has 0 spiro atoms. The zero-order chi connectivity index (χ0) is 11.0. The molecule has 1 atom stereocenters. The van der Waals surface area contributed by atoms with Crippen molar-refractivity contribution < 1.29 is 14.6 Å². The van der Waals surface area contributed by atoms with Gasteiger partial charge in [0, 0.05) is 6.42 Å². The van der Waals surface area contributed by atoms with Gasteiger partial charge in [-0.25, -0.2) is 0 Å².